The van der Waals surface area contributed by atoms with Crippen molar-refractivity contribution < 1.29 is 23.7 Å². The van der Waals surface area contributed by atoms with Crippen molar-refractivity contribution >= 4 is 29.2 Å². The Bertz CT molecular complexity index is 721. The minimum absolute atomic E-state index is 0.0193. The van der Waals surface area contributed by atoms with E-state index in [9.17, 15) is 4.79 Å². The molecule has 2 aromatic carbocycles. The third-order valence-electron chi connectivity index (χ3n) is 3.27. The van der Waals surface area contributed by atoms with E-state index in [1.807, 2.05) is 0 Å². The van der Waals surface area contributed by atoms with Crippen LogP contribution in [-0.2, 0) is 11.3 Å². The summed E-state index contributed by atoms with van der Waals surface area (Å²) in [6.45, 7) is 0.0193. The largest absolute Gasteiger partial charge is 0.493 e. The van der Waals surface area contributed by atoms with E-state index >= 15 is 0 Å². The number of methoxy groups -OCH3 is 3. The minimum atomic E-state index is -0.541. The normalized spacial score (nSPS) is 10.2. The smallest absolute Gasteiger partial charge is 0.338 e. The third-order valence-corrected chi connectivity index (χ3v) is 3.86. The summed E-state index contributed by atoms with van der Waals surface area (Å²) in [5, 5.41) is 0.944. The first-order chi connectivity index (χ1) is 11.5. The van der Waals surface area contributed by atoms with E-state index in [0.29, 0.717) is 32.9 Å². The Kier molecular flexibility index (Phi) is 6.17. The lowest BCUT2D eigenvalue weighted by Crippen LogP contribution is -2.07. The van der Waals surface area contributed by atoms with Crippen LogP contribution in [0.5, 0.6) is 17.2 Å². The lowest BCUT2D eigenvalue weighted by atomic mass is 10.2. The van der Waals surface area contributed by atoms with Crippen LogP contribution in [0, 0.1) is 0 Å². The third kappa shape index (κ3) is 4.04. The molecule has 0 saturated carbocycles. The molecule has 128 valence electrons. The number of hydrogen-bond donors (Lipinski definition) is 0. The Morgan fingerprint density at radius 3 is 2.08 bits per heavy atom. The van der Waals surface area contributed by atoms with Crippen molar-refractivity contribution in [2.75, 3.05) is 21.3 Å². The summed E-state index contributed by atoms with van der Waals surface area (Å²) in [5.74, 6) is 0.596. The number of carbonyl (C=O) groups excluding carboxylic acids is 1. The van der Waals surface area contributed by atoms with Gasteiger partial charge in [-0.05, 0) is 24.3 Å². The van der Waals surface area contributed by atoms with E-state index in [0.717, 1.165) is 0 Å². The number of esters is 1. The molecule has 0 aliphatic heterocycles. The molecule has 0 aliphatic carbocycles. The van der Waals surface area contributed by atoms with Gasteiger partial charge in [0.05, 0.1) is 26.9 Å². The van der Waals surface area contributed by atoms with Gasteiger partial charge in [0.2, 0.25) is 5.75 Å². The van der Waals surface area contributed by atoms with Crippen molar-refractivity contribution in [3.05, 3.63) is 51.5 Å². The minimum Gasteiger partial charge on any atom is -0.493 e. The van der Waals surface area contributed by atoms with Gasteiger partial charge in [0.15, 0.2) is 11.5 Å². The van der Waals surface area contributed by atoms with Crippen LogP contribution in [0.4, 0.5) is 0 Å². The van der Waals surface area contributed by atoms with Crippen molar-refractivity contribution in [2.45, 2.75) is 6.61 Å². The van der Waals surface area contributed by atoms with E-state index in [4.69, 9.17) is 42.1 Å². The average molecular weight is 371 g/mol. The van der Waals surface area contributed by atoms with Crippen LogP contribution >= 0.6 is 23.2 Å². The maximum atomic E-state index is 12.3. The zero-order chi connectivity index (χ0) is 17.7. The van der Waals surface area contributed by atoms with E-state index < -0.39 is 5.97 Å². The number of benzene rings is 2. The van der Waals surface area contributed by atoms with Gasteiger partial charge in [0.1, 0.15) is 6.61 Å². The highest BCUT2D eigenvalue weighted by Crippen LogP contribution is 2.38. The summed E-state index contributed by atoms with van der Waals surface area (Å²) < 4.78 is 20.9. The second kappa shape index (κ2) is 8.13. The van der Waals surface area contributed by atoms with Gasteiger partial charge in [-0.25, -0.2) is 4.79 Å². The molecular weight excluding hydrogens is 355 g/mol. The molecule has 2 aromatic rings. The van der Waals surface area contributed by atoms with Gasteiger partial charge >= 0.3 is 5.97 Å². The fourth-order valence-electron chi connectivity index (χ4n) is 2.06. The zero-order valence-corrected chi connectivity index (χ0v) is 14.9. The molecule has 0 spiro atoms. The summed E-state index contributed by atoms with van der Waals surface area (Å²) in [4.78, 5) is 12.3. The monoisotopic (exact) mass is 370 g/mol. The first-order valence-corrected chi connectivity index (χ1v) is 7.66. The van der Waals surface area contributed by atoms with Gasteiger partial charge in [-0.1, -0.05) is 29.3 Å². The lowest BCUT2D eigenvalue weighted by Gasteiger charge is -2.14. The van der Waals surface area contributed by atoms with E-state index in [1.165, 1.54) is 33.5 Å². The Morgan fingerprint density at radius 2 is 1.58 bits per heavy atom. The first-order valence-electron chi connectivity index (χ1n) is 6.91. The van der Waals surface area contributed by atoms with Gasteiger partial charge in [0, 0.05) is 15.6 Å². The van der Waals surface area contributed by atoms with E-state index in [1.54, 1.807) is 18.2 Å². The van der Waals surface area contributed by atoms with Gasteiger partial charge in [-0.15, -0.1) is 0 Å². The van der Waals surface area contributed by atoms with Gasteiger partial charge in [0.25, 0.3) is 0 Å². The summed E-state index contributed by atoms with van der Waals surface area (Å²) in [7, 11) is 4.43. The second-order valence-corrected chi connectivity index (χ2v) is 5.57. The van der Waals surface area contributed by atoms with Crippen molar-refractivity contribution in [1.29, 1.82) is 0 Å². The number of rotatable bonds is 6. The van der Waals surface area contributed by atoms with Crippen LogP contribution < -0.4 is 14.2 Å². The summed E-state index contributed by atoms with van der Waals surface area (Å²) in [6.07, 6.45) is 0. The van der Waals surface area contributed by atoms with Crippen molar-refractivity contribution in [3.63, 3.8) is 0 Å². The number of ether oxygens (including phenoxy) is 4. The SMILES string of the molecule is COc1cc(C(=O)OCc2ccc(Cl)cc2Cl)cc(OC)c1OC. The molecule has 24 heavy (non-hydrogen) atoms. The predicted octanol–water partition coefficient (Wildman–Crippen LogP) is 4.38. The number of carbonyl (C=O) groups is 1. The van der Waals surface area contributed by atoms with Gasteiger partial charge < -0.3 is 18.9 Å². The molecule has 0 fully saturated rings. The van der Waals surface area contributed by atoms with Crippen LogP contribution in [0.2, 0.25) is 10.0 Å². The maximum absolute atomic E-state index is 12.3. The maximum Gasteiger partial charge on any atom is 0.338 e. The first kappa shape index (κ1) is 18.2. The summed E-state index contributed by atoms with van der Waals surface area (Å²) in [5.41, 5.74) is 0.927. The molecule has 7 heteroatoms. The molecule has 0 aliphatic rings. The molecular formula is C17H16Cl2O5. The van der Waals surface area contributed by atoms with Crippen LogP contribution in [0.3, 0.4) is 0 Å². The molecule has 0 bridgehead atoms. The average Bonchev–Trinajstić information content (AvgIpc) is 2.59. The Balaban J connectivity index is 2.20. The summed E-state index contributed by atoms with van der Waals surface area (Å²) in [6, 6.07) is 8.01. The lowest BCUT2D eigenvalue weighted by molar-refractivity contribution is 0.0472. The highest BCUT2D eigenvalue weighted by molar-refractivity contribution is 6.35. The molecule has 0 amide bonds. The number of hydrogen-bond acceptors (Lipinski definition) is 5. The van der Waals surface area contributed by atoms with Gasteiger partial charge in [-0.3, -0.25) is 0 Å². The van der Waals surface area contributed by atoms with Crippen molar-refractivity contribution in [3.8, 4) is 17.2 Å². The molecule has 0 aromatic heterocycles. The Labute approximate surface area is 150 Å². The Hall–Kier alpha value is -2.11. The molecule has 5 nitrogen and oxygen atoms in total. The quantitative estimate of drug-likeness (QED) is 0.706. The fourth-order valence-corrected chi connectivity index (χ4v) is 2.53. The Morgan fingerprint density at radius 1 is 0.958 bits per heavy atom. The predicted molar refractivity (Wildman–Crippen MR) is 91.7 cm³/mol. The highest BCUT2D eigenvalue weighted by Gasteiger charge is 2.18. The molecule has 2 rings (SSSR count). The molecule has 0 saturated heterocycles. The second-order valence-electron chi connectivity index (χ2n) is 4.73. The standard InChI is InChI=1S/C17H16Cl2O5/c1-21-14-6-11(7-15(22-2)16(14)23-3)17(20)24-9-10-4-5-12(18)8-13(10)19/h4-8H,9H2,1-3H3. The zero-order valence-electron chi connectivity index (χ0n) is 13.4. The highest BCUT2D eigenvalue weighted by atomic mass is 35.5. The van der Waals surface area contributed by atoms with Crippen molar-refractivity contribution in [1.82, 2.24) is 0 Å². The van der Waals surface area contributed by atoms with Crippen molar-refractivity contribution in [2.24, 2.45) is 0 Å². The van der Waals surface area contributed by atoms with Crippen LogP contribution in [0.15, 0.2) is 30.3 Å². The van der Waals surface area contributed by atoms with E-state index in [2.05, 4.69) is 0 Å². The fraction of sp³-hybridized carbons (Fsp3) is 0.235. The van der Waals surface area contributed by atoms with Crippen LogP contribution in [0.1, 0.15) is 15.9 Å². The van der Waals surface area contributed by atoms with Crippen LogP contribution in [-0.4, -0.2) is 27.3 Å². The molecule has 0 unspecified atom stereocenters. The topological polar surface area (TPSA) is 54.0 Å². The summed E-state index contributed by atoms with van der Waals surface area (Å²) >= 11 is 11.9. The molecule has 0 radical (unpaired) electrons. The molecule has 0 atom stereocenters. The molecule has 0 heterocycles. The van der Waals surface area contributed by atoms with Gasteiger partial charge in [-0.2, -0.15) is 0 Å². The molecule has 0 N–H and O–H groups in total. The van der Waals surface area contributed by atoms with E-state index in [-0.39, 0.29) is 12.2 Å². The van der Waals surface area contributed by atoms with Crippen LogP contribution in [0.25, 0.3) is 0 Å². The number of halogens is 2.